The van der Waals surface area contributed by atoms with Crippen LogP contribution < -0.4 is 9.47 Å². The van der Waals surface area contributed by atoms with E-state index < -0.39 is 5.97 Å². The summed E-state index contributed by atoms with van der Waals surface area (Å²) in [5, 5.41) is 12.0. The molecule has 162 valence electrons. The number of rotatable bonds is 7. The van der Waals surface area contributed by atoms with E-state index in [0.29, 0.717) is 17.4 Å². The Morgan fingerprint density at radius 1 is 1.00 bits per heavy atom. The van der Waals surface area contributed by atoms with Gasteiger partial charge >= 0.3 is 5.97 Å². The first-order valence-electron chi connectivity index (χ1n) is 9.94. The Labute approximate surface area is 195 Å². The van der Waals surface area contributed by atoms with Gasteiger partial charge in [-0.05, 0) is 59.8 Å². The molecule has 0 atom stereocenters. The standard InChI is InChI=1S/C26H21ClO4S/c1-16-12-18(26(28)29)13-23(30-2)24(16)25-20(10-11-32-25)21-14-19(27)8-9-22(21)31-15-17-6-4-3-5-7-17/h3-14H,15H2,1-2H3,(H,28,29). The van der Waals surface area contributed by atoms with Crippen molar-refractivity contribution in [2.24, 2.45) is 0 Å². The number of hydrogen-bond acceptors (Lipinski definition) is 4. The molecule has 3 aromatic carbocycles. The second-order valence-electron chi connectivity index (χ2n) is 7.25. The van der Waals surface area contributed by atoms with Crippen molar-refractivity contribution < 1.29 is 19.4 Å². The summed E-state index contributed by atoms with van der Waals surface area (Å²) in [6.45, 7) is 2.32. The maximum Gasteiger partial charge on any atom is 0.335 e. The van der Waals surface area contributed by atoms with E-state index in [1.54, 1.807) is 30.6 Å². The molecule has 0 unspecified atom stereocenters. The molecule has 0 saturated carbocycles. The fraction of sp³-hybridized carbons (Fsp3) is 0.115. The molecule has 0 aliphatic carbocycles. The molecule has 6 heteroatoms. The number of benzene rings is 3. The summed E-state index contributed by atoms with van der Waals surface area (Å²) >= 11 is 7.91. The minimum absolute atomic E-state index is 0.191. The molecule has 0 radical (unpaired) electrons. The predicted molar refractivity (Wildman–Crippen MR) is 129 cm³/mol. The largest absolute Gasteiger partial charge is 0.496 e. The lowest BCUT2D eigenvalue weighted by atomic mass is 9.97. The summed E-state index contributed by atoms with van der Waals surface area (Å²) in [7, 11) is 1.55. The van der Waals surface area contributed by atoms with Gasteiger partial charge in [0.05, 0.1) is 12.7 Å². The highest BCUT2D eigenvalue weighted by Crippen LogP contribution is 2.46. The predicted octanol–water partition coefficient (Wildman–Crippen LogP) is 7.33. The summed E-state index contributed by atoms with van der Waals surface area (Å²) in [5.41, 5.74) is 4.76. The number of halogens is 1. The van der Waals surface area contributed by atoms with E-state index in [4.69, 9.17) is 21.1 Å². The van der Waals surface area contributed by atoms with Crippen LogP contribution in [-0.4, -0.2) is 18.2 Å². The quantitative estimate of drug-likeness (QED) is 0.311. The lowest BCUT2D eigenvalue weighted by Crippen LogP contribution is -2.00. The molecule has 0 amide bonds. The molecule has 0 aliphatic rings. The lowest BCUT2D eigenvalue weighted by Gasteiger charge is -2.16. The van der Waals surface area contributed by atoms with Gasteiger partial charge in [-0.15, -0.1) is 11.3 Å². The van der Waals surface area contributed by atoms with Crippen LogP contribution in [0.2, 0.25) is 5.02 Å². The average molecular weight is 465 g/mol. The maximum atomic E-state index is 11.5. The Kier molecular flexibility index (Phi) is 6.49. The highest BCUT2D eigenvalue weighted by Gasteiger charge is 2.21. The molecule has 0 spiro atoms. The molecule has 0 aliphatic heterocycles. The SMILES string of the molecule is COc1cc(C(=O)O)cc(C)c1-c1sccc1-c1cc(Cl)ccc1OCc1ccccc1. The van der Waals surface area contributed by atoms with Gasteiger partial charge < -0.3 is 14.6 Å². The van der Waals surface area contributed by atoms with E-state index in [2.05, 4.69) is 0 Å². The van der Waals surface area contributed by atoms with Gasteiger partial charge in [0.15, 0.2) is 0 Å². The number of aromatic carboxylic acids is 1. The van der Waals surface area contributed by atoms with Crippen LogP contribution >= 0.6 is 22.9 Å². The van der Waals surface area contributed by atoms with Crippen molar-refractivity contribution in [2.45, 2.75) is 13.5 Å². The molecule has 4 aromatic rings. The van der Waals surface area contributed by atoms with Gasteiger partial charge in [0.2, 0.25) is 0 Å². The van der Waals surface area contributed by atoms with E-state index in [9.17, 15) is 9.90 Å². The van der Waals surface area contributed by atoms with Crippen molar-refractivity contribution >= 4 is 28.9 Å². The zero-order valence-corrected chi connectivity index (χ0v) is 19.2. The smallest absolute Gasteiger partial charge is 0.335 e. The van der Waals surface area contributed by atoms with Gasteiger partial charge in [0.1, 0.15) is 18.1 Å². The van der Waals surface area contributed by atoms with Crippen LogP contribution in [-0.2, 0) is 6.61 Å². The summed E-state index contributed by atoms with van der Waals surface area (Å²) in [5.74, 6) is 0.243. The molecule has 1 N–H and O–H groups in total. The molecule has 0 saturated heterocycles. The number of methoxy groups -OCH3 is 1. The number of ether oxygens (including phenoxy) is 2. The molecule has 0 fully saturated rings. The highest BCUT2D eigenvalue weighted by molar-refractivity contribution is 7.14. The Hall–Kier alpha value is -3.28. The average Bonchev–Trinajstić information content (AvgIpc) is 3.27. The van der Waals surface area contributed by atoms with Gasteiger partial charge in [-0.3, -0.25) is 0 Å². The fourth-order valence-electron chi connectivity index (χ4n) is 3.62. The Morgan fingerprint density at radius 2 is 1.78 bits per heavy atom. The van der Waals surface area contributed by atoms with Crippen molar-refractivity contribution in [3.8, 4) is 33.1 Å². The van der Waals surface area contributed by atoms with Crippen LogP contribution in [0.1, 0.15) is 21.5 Å². The van der Waals surface area contributed by atoms with E-state index >= 15 is 0 Å². The van der Waals surface area contributed by atoms with Crippen LogP contribution in [0, 0.1) is 6.92 Å². The minimum Gasteiger partial charge on any atom is -0.496 e. The summed E-state index contributed by atoms with van der Waals surface area (Å²) in [6, 6.07) is 20.8. The van der Waals surface area contributed by atoms with Gasteiger partial charge in [-0.25, -0.2) is 4.79 Å². The molecule has 4 nitrogen and oxygen atoms in total. The van der Waals surface area contributed by atoms with Crippen LogP contribution in [0.4, 0.5) is 0 Å². The molecular formula is C26H21ClO4S. The number of carboxylic acid groups (broad SMARTS) is 1. The van der Waals surface area contributed by atoms with Crippen LogP contribution in [0.15, 0.2) is 72.1 Å². The third kappa shape index (κ3) is 4.49. The molecular weight excluding hydrogens is 444 g/mol. The first kappa shape index (κ1) is 21.9. The summed E-state index contributed by atoms with van der Waals surface area (Å²) in [6.07, 6.45) is 0. The fourth-order valence-corrected chi connectivity index (χ4v) is 4.82. The van der Waals surface area contributed by atoms with Gasteiger partial charge in [0.25, 0.3) is 0 Å². The van der Waals surface area contributed by atoms with Gasteiger partial charge in [-0.1, -0.05) is 41.9 Å². The number of thiophene rings is 1. The number of carbonyl (C=O) groups is 1. The number of hydrogen-bond donors (Lipinski definition) is 1. The number of carboxylic acids is 1. The lowest BCUT2D eigenvalue weighted by molar-refractivity contribution is 0.0696. The van der Waals surface area contributed by atoms with Crippen molar-refractivity contribution in [1.82, 2.24) is 0 Å². The minimum atomic E-state index is -0.990. The second kappa shape index (κ2) is 9.47. The molecule has 1 heterocycles. The first-order valence-corrected chi connectivity index (χ1v) is 11.2. The van der Waals surface area contributed by atoms with E-state index in [1.807, 2.05) is 66.9 Å². The van der Waals surface area contributed by atoms with E-state index in [0.717, 1.165) is 38.4 Å². The monoisotopic (exact) mass is 464 g/mol. The van der Waals surface area contributed by atoms with Crippen LogP contribution in [0.3, 0.4) is 0 Å². The first-order chi connectivity index (χ1) is 15.5. The zero-order chi connectivity index (χ0) is 22.7. The topological polar surface area (TPSA) is 55.8 Å². The Morgan fingerprint density at radius 3 is 2.50 bits per heavy atom. The highest BCUT2D eigenvalue weighted by atomic mass is 35.5. The van der Waals surface area contributed by atoms with Crippen LogP contribution in [0.5, 0.6) is 11.5 Å². The zero-order valence-electron chi connectivity index (χ0n) is 17.6. The molecule has 1 aromatic heterocycles. The number of aryl methyl sites for hydroxylation is 1. The Balaban J connectivity index is 1.79. The van der Waals surface area contributed by atoms with E-state index in [-0.39, 0.29) is 5.56 Å². The van der Waals surface area contributed by atoms with Crippen molar-refractivity contribution in [3.05, 3.63) is 93.8 Å². The molecule has 4 rings (SSSR count). The maximum absolute atomic E-state index is 11.5. The van der Waals surface area contributed by atoms with Gasteiger partial charge in [-0.2, -0.15) is 0 Å². The Bertz CT molecular complexity index is 1260. The van der Waals surface area contributed by atoms with Crippen LogP contribution in [0.25, 0.3) is 21.6 Å². The van der Waals surface area contributed by atoms with Crippen molar-refractivity contribution in [1.29, 1.82) is 0 Å². The third-order valence-corrected chi connectivity index (χ3v) is 6.29. The normalized spacial score (nSPS) is 10.7. The molecule has 32 heavy (non-hydrogen) atoms. The third-order valence-electron chi connectivity index (χ3n) is 5.13. The molecule has 0 bridgehead atoms. The second-order valence-corrected chi connectivity index (χ2v) is 8.61. The van der Waals surface area contributed by atoms with E-state index in [1.165, 1.54) is 0 Å². The van der Waals surface area contributed by atoms with Gasteiger partial charge in [0, 0.05) is 26.6 Å². The summed E-state index contributed by atoms with van der Waals surface area (Å²) in [4.78, 5) is 12.5. The summed E-state index contributed by atoms with van der Waals surface area (Å²) < 4.78 is 11.7. The van der Waals surface area contributed by atoms with Crippen molar-refractivity contribution in [2.75, 3.05) is 7.11 Å². The van der Waals surface area contributed by atoms with Crippen molar-refractivity contribution in [3.63, 3.8) is 0 Å².